The van der Waals surface area contributed by atoms with Crippen LogP contribution >= 0.6 is 0 Å². The summed E-state index contributed by atoms with van der Waals surface area (Å²) in [5, 5.41) is 0. The second-order valence-electron chi connectivity index (χ2n) is 8.10. The number of ether oxygens (including phenoxy) is 2. The fourth-order valence-corrected chi connectivity index (χ4v) is 3.69. The number of benzene rings is 1. The Bertz CT molecular complexity index is 752. The van der Waals surface area contributed by atoms with Crippen molar-refractivity contribution in [2.75, 3.05) is 31.2 Å². The zero-order valence-electron chi connectivity index (χ0n) is 19.9. The molecule has 0 saturated heterocycles. The first-order valence-electron chi connectivity index (χ1n) is 12.3. The van der Waals surface area contributed by atoms with Gasteiger partial charge in [-0.2, -0.15) is 0 Å². The van der Waals surface area contributed by atoms with E-state index >= 15 is 0 Å². The van der Waals surface area contributed by atoms with Gasteiger partial charge in [-0.3, -0.25) is 4.79 Å². The van der Waals surface area contributed by atoms with Crippen LogP contribution in [0.25, 0.3) is 0 Å². The first-order chi connectivity index (χ1) is 15.7. The van der Waals surface area contributed by atoms with Gasteiger partial charge in [0.2, 0.25) is 0 Å². The molecule has 5 heteroatoms. The van der Waals surface area contributed by atoms with Crippen LogP contribution in [0.4, 0.5) is 5.82 Å². The number of aryl methyl sites for hydroxylation is 1. The summed E-state index contributed by atoms with van der Waals surface area (Å²) in [5.41, 5.74) is 1.08. The Hall–Kier alpha value is -2.56. The Morgan fingerprint density at radius 1 is 0.938 bits per heavy atom. The predicted octanol–water partition coefficient (Wildman–Crippen LogP) is 6.21. The van der Waals surface area contributed by atoms with Crippen molar-refractivity contribution in [3.05, 3.63) is 54.2 Å². The van der Waals surface area contributed by atoms with E-state index in [0.717, 1.165) is 30.2 Å². The van der Waals surface area contributed by atoms with E-state index < -0.39 is 0 Å². The smallest absolute Gasteiger partial charge is 0.306 e. The number of carbonyl (C=O) groups excluding carboxylic acids is 1. The van der Waals surface area contributed by atoms with Crippen LogP contribution in [0.15, 0.2) is 48.7 Å². The first-order valence-corrected chi connectivity index (χ1v) is 12.3. The van der Waals surface area contributed by atoms with Gasteiger partial charge in [0.25, 0.3) is 0 Å². The third kappa shape index (κ3) is 10.7. The number of esters is 1. The lowest BCUT2D eigenvalue weighted by molar-refractivity contribution is -0.143. The van der Waals surface area contributed by atoms with Crippen LogP contribution in [-0.2, 0) is 16.0 Å². The molecule has 2 rings (SSSR count). The maximum Gasteiger partial charge on any atom is 0.306 e. The highest BCUT2D eigenvalue weighted by molar-refractivity contribution is 5.69. The normalized spacial score (nSPS) is 10.7. The van der Waals surface area contributed by atoms with Gasteiger partial charge in [0.05, 0.1) is 13.2 Å². The number of pyridine rings is 1. The zero-order chi connectivity index (χ0) is 22.9. The van der Waals surface area contributed by atoms with Crippen molar-refractivity contribution in [1.29, 1.82) is 0 Å². The molecule has 0 aliphatic heterocycles. The van der Waals surface area contributed by atoms with E-state index in [4.69, 9.17) is 9.47 Å². The summed E-state index contributed by atoms with van der Waals surface area (Å²) < 4.78 is 11.0. The van der Waals surface area contributed by atoms with E-state index in [0.29, 0.717) is 26.1 Å². The molecule has 5 nitrogen and oxygen atoms in total. The number of carbonyl (C=O) groups is 1. The van der Waals surface area contributed by atoms with Crippen LogP contribution < -0.4 is 9.64 Å². The number of hydrogen-bond acceptors (Lipinski definition) is 5. The standard InChI is InChI=1S/C27H40N2O3/c1-3-5-6-7-8-9-12-20-29(26-16-10-11-19-28-26)21-22-32-25-15-13-14-24(23-25)17-18-27(30)31-4-2/h10-11,13-16,19,23H,3-9,12,17-18,20-22H2,1-2H3. The maximum atomic E-state index is 11.6. The van der Waals surface area contributed by atoms with E-state index in [-0.39, 0.29) is 5.97 Å². The number of rotatable bonds is 17. The summed E-state index contributed by atoms with van der Waals surface area (Å²) in [4.78, 5) is 18.4. The topological polar surface area (TPSA) is 51.7 Å². The monoisotopic (exact) mass is 440 g/mol. The number of anilines is 1. The number of aromatic nitrogens is 1. The van der Waals surface area contributed by atoms with Gasteiger partial charge in [-0.1, -0.05) is 63.6 Å². The second-order valence-corrected chi connectivity index (χ2v) is 8.10. The molecule has 0 aliphatic carbocycles. The molecule has 0 unspecified atom stereocenters. The quantitative estimate of drug-likeness (QED) is 0.216. The van der Waals surface area contributed by atoms with Gasteiger partial charge in [0.15, 0.2) is 0 Å². The molecule has 0 saturated carbocycles. The average Bonchev–Trinajstić information content (AvgIpc) is 2.82. The fourth-order valence-electron chi connectivity index (χ4n) is 3.69. The molecule has 1 heterocycles. The molecule has 32 heavy (non-hydrogen) atoms. The molecule has 0 N–H and O–H groups in total. The molecule has 0 fully saturated rings. The highest BCUT2D eigenvalue weighted by atomic mass is 16.5. The van der Waals surface area contributed by atoms with Crippen LogP contribution in [-0.4, -0.2) is 37.3 Å². The van der Waals surface area contributed by atoms with E-state index in [9.17, 15) is 4.79 Å². The van der Waals surface area contributed by atoms with E-state index in [1.54, 1.807) is 0 Å². The Morgan fingerprint density at radius 3 is 2.50 bits per heavy atom. The molecule has 176 valence electrons. The molecule has 0 bridgehead atoms. The van der Waals surface area contributed by atoms with Crippen LogP contribution in [0, 0.1) is 0 Å². The van der Waals surface area contributed by atoms with Gasteiger partial charge in [-0.25, -0.2) is 4.98 Å². The Kier molecular flexibility index (Phi) is 13.0. The van der Waals surface area contributed by atoms with Crippen LogP contribution in [0.3, 0.4) is 0 Å². The van der Waals surface area contributed by atoms with Gasteiger partial charge >= 0.3 is 5.97 Å². The summed E-state index contributed by atoms with van der Waals surface area (Å²) in [6.45, 7) is 6.89. The molecule has 0 radical (unpaired) electrons. The van der Waals surface area contributed by atoms with Crippen molar-refractivity contribution in [2.24, 2.45) is 0 Å². The lowest BCUT2D eigenvalue weighted by atomic mass is 10.1. The van der Waals surface area contributed by atoms with Gasteiger partial charge in [-0.15, -0.1) is 0 Å². The van der Waals surface area contributed by atoms with Crippen LogP contribution in [0.5, 0.6) is 5.75 Å². The minimum Gasteiger partial charge on any atom is -0.492 e. The van der Waals surface area contributed by atoms with Gasteiger partial charge in [0.1, 0.15) is 18.2 Å². The third-order valence-electron chi connectivity index (χ3n) is 5.46. The summed E-state index contributed by atoms with van der Waals surface area (Å²) >= 11 is 0. The summed E-state index contributed by atoms with van der Waals surface area (Å²) in [6, 6.07) is 14.0. The number of nitrogens with zero attached hydrogens (tertiary/aromatic N) is 2. The highest BCUT2D eigenvalue weighted by Crippen LogP contribution is 2.16. The lowest BCUT2D eigenvalue weighted by Gasteiger charge is -2.24. The minimum atomic E-state index is -0.157. The predicted molar refractivity (Wildman–Crippen MR) is 131 cm³/mol. The summed E-state index contributed by atoms with van der Waals surface area (Å²) in [5.74, 6) is 1.68. The SMILES string of the molecule is CCCCCCCCCN(CCOc1cccc(CCC(=O)OCC)c1)c1ccccn1. The van der Waals surface area contributed by atoms with Crippen molar-refractivity contribution < 1.29 is 14.3 Å². The highest BCUT2D eigenvalue weighted by Gasteiger charge is 2.08. The van der Waals surface area contributed by atoms with Crippen molar-refractivity contribution in [3.63, 3.8) is 0 Å². The van der Waals surface area contributed by atoms with Crippen molar-refractivity contribution in [3.8, 4) is 5.75 Å². The number of hydrogen-bond donors (Lipinski definition) is 0. The molecule has 2 aromatic rings. The number of unbranched alkanes of at least 4 members (excludes halogenated alkanes) is 6. The Labute approximate surface area is 194 Å². The van der Waals surface area contributed by atoms with Crippen molar-refractivity contribution in [2.45, 2.75) is 71.6 Å². The fraction of sp³-hybridized carbons (Fsp3) is 0.556. The van der Waals surface area contributed by atoms with E-state index in [2.05, 4.69) is 22.9 Å². The van der Waals surface area contributed by atoms with Crippen LogP contribution in [0.2, 0.25) is 0 Å². The van der Waals surface area contributed by atoms with Crippen LogP contribution in [0.1, 0.15) is 70.8 Å². The van der Waals surface area contributed by atoms with Gasteiger partial charge < -0.3 is 14.4 Å². The molecular formula is C27H40N2O3. The molecule has 1 aromatic carbocycles. The zero-order valence-corrected chi connectivity index (χ0v) is 19.9. The second kappa shape index (κ2) is 16.1. The summed E-state index contributed by atoms with van der Waals surface area (Å²) in [6.07, 6.45) is 12.0. The third-order valence-corrected chi connectivity index (χ3v) is 5.46. The molecule has 0 aliphatic rings. The average molecular weight is 441 g/mol. The molecule has 0 amide bonds. The minimum absolute atomic E-state index is 0.157. The van der Waals surface area contributed by atoms with Gasteiger partial charge in [0, 0.05) is 19.2 Å². The first kappa shape index (κ1) is 25.7. The van der Waals surface area contributed by atoms with Crippen molar-refractivity contribution >= 4 is 11.8 Å². The largest absolute Gasteiger partial charge is 0.492 e. The van der Waals surface area contributed by atoms with Gasteiger partial charge in [-0.05, 0) is 49.6 Å². The molecular weight excluding hydrogens is 400 g/mol. The summed E-state index contributed by atoms with van der Waals surface area (Å²) in [7, 11) is 0. The van der Waals surface area contributed by atoms with E-state index in [1.165, 1.54) is 44.9 Å². The molecule has 1 aromatic heterocycles. The van der Waals surface area contributed by atoms with E-state index in [1.807, 2.05) is 49.5 Å². The maximum absolute atomic E-state index is 11.6. The molecule has 0 atom stereocenters. The molecule has 0 spiro atoms. The Morgan fingerprint density at radius 2 is 1.75 bits per heavy atom. The Balaban J connectivity index is 1.79. The lowest BCUT2D eigenvalue weighted by Crippen LogP contribution is -2.30. The van der Waals surface area contributed by atoms with Crippen molar-refractivity contribution in [1.82, 2.24) is 4.98 Å².